The van der Waals surface area contributed by atoms with Crippen LogP contribution in [0.2, 0.25) is 0 Å². The molecule has 0 fully saturated rings. The predicted molar refractivity (Wildman–Crippen MR) is 93.4 cm³/mol. The van der Waals surface area contributed by atoms with Crippen molar-refractivity contribution in [3.63, 3.8) is 0 Å². The predicted octanol–water partition coefficient (Wildman–Crippen LogP) is 3.49. The Balaban J connectivity index is 0.00000242. The maximum absolute atomic E-state index is 12.1. The van der Waals surface area contributed by atoms with E-state index in [1.165, 1.54) is 5.56 Å². The molecule has 1 unspecified atom stereocenters. The Labute approximate surface area is 138 Å². The smallest absolute Gasteiger partial charge is 0.251 e. The Hall–Kier alpha value is -1.84. The fraction of sp³-hybridized carbons (Fsp3) is 0.278. The zero-order valence-corrected chi connectivity index (χ0v) is 13.6. The fourth-order valence-corrected chi connectivity index (χ4v) is 2.23. The van der Waals surface area contributed by atoms with Gasteiger partial charge in [0.15, 0.2) is 0 Å². The van der Waals surface area contributed by atoms with E-state index in [2.05, 4.69) is 12.2 Å². The number of hydrogen-bond acceptors (Lipinski definition) is 2. The van der Waals surface area contributed by atoms with Crippen LogP contribution < -0.4 is 11.1 Å². The van der Waals surface area contributed by atoms with Gasteiger partial charge in [-0.2, -0.15) is 0 Å². The average Bonchev–Trinajstić information content (AvgIpc) is 2.54. The zero-order chi connectivity index (χ0) is 15.1. The van der Waals surface area contributed by atoms with Gasteiger partial charge in [0.25, 0.3) is 5.91 Å². The number of benzene rings is 2. The summed E-state index contributed by atoms with van der Waals surface area (Å²) in [5, 5.41) is 2.88. The third-order valence-electron chi connectivity index (χ3n) is 3.47. The number of aryl methyl sites for hydroxylation is 1. The van der Waals surface area contributed by atoms with Crippen LogP contribution in [0, 0.1) is 0 Å². The lowest BCUT2D eigenvalue weighted by Crippen LogP contribution is -2.31. The zero-order valence-electron chi connectivity index (χ0n) is 12.8. The van der Waals surface area contributed by atoms with E-state index in [-0.39, 0.29) is 24.4 Å². The van der Waals surface area contributed by atoms with Crippen molar-refractivity contribution in [2.45, 2.75) is 25.8 Å². The van der Waals surface area contributed by atoms with E-state index in [9.17, 15) is 4.79 Å². The van der Waals surface area contributed by atoms with E-state index in [1.54, 1.807) is 0 Å². The molecule has 1 atom stereocenters. The topological polar surface area (TPSA) is 55.1 Å². The van der Waals surface area contributed by atoms with Crippen LogP contribution in [-0.4, -0.2) is 12.5 Å². The third kappa shape index (κ3) is 5.17. The van der Waals surface area contributed by atoms with Crippen LogP contribution in [0.25, 0.3) is 0 Å². The first kappa shape index (κ1) is 18.2. The molecule has 118 valence electrons. The highest BCUT2D eigenvalue weighted by molar-refractivity contribution is 5.94. The lowest BCUT2D eigenvalue weighted by atomic mass is 10.1. The molecule has 22 heavy (non-hydrogen) atoms. The van der Waals surface area contributed by atoms with E-state index in [1.807, 2.05) is 54.6 Å². The van der Waals surface area contributed by atoms with Crippen molar-refractivity contribution in [2.75, 3.05) is 6.54 Å². The van der Waals surface area contributed by atoms with Gasteiger partial charge in [-0.1, -0.05) is 55.8 Å². The summed E-state index contributed by atoms with van der Waals surface area (Å²) < 4.78 is 0. The molecule has 0 saturated carbocycles. The second-order valence-electron chi connectivity index (χ2n) is 5.17. The molecule has 4 heteroatoms. The first-order valence-corrected chi connectivity index (χ1v) is 7.38. The van der Waals surface area contributed by atoms with Gasteiger partial charge in [0.1, 0.15) is 0 Å². The van der Waals surface area contributed by atoms with Crippen LogP contribution in [-0.2, 0) is 6.42 Å². The van der Waals surface area contributed by atoms with Crippen molar-refractivity contribution in [1.82, 2.24) is 5.32 Å². The molecule has 0 bridgehead atoms. The largest absolute Gasteiger partial charge is 0.350 e. The van der Waals surface area contributed by atoms with Gasteiger partial charge >= 0.3 is 0 Å². The summed E-state index contributed by atoms with van der Waals surface area (Å²) in [4.78, 5) is 12.1. The fourth-order valence-electron chi connectivity index (χ4n) is 2.23. The van der Waals surface area contributed by atoms with Crippen LogP contribution in [0.1, 0.15) is 40.9 Å². The summed E-state index contributed by atoms with van der Waals surface area (Å²) >= 11 is 0. The molecule has 0 heterocycles. The summed E-state index contributed by atoms with van der Waals surface area (Å²) in [6.45, 7) is 2.57. The first-order valence-electron chi connectivity index (χ1n) is 7.38. The number of carbonyl (C=O) groups excluding carboxylic acids is 1. The highest BCUT2D eigenvalue weighted by Crippen LogP contribution is 2.09. The molecule has 2 aromatic rings. The highest BCUT2D eigenvalue weighted by Gasteiger charge is 2.09. The van der Waals surface area contributed by atoms with Gasteiger partial charge in [0.05, 0.1) is 0 Å². The van der Waals surface area contributed by atoms with Crippen molar-refractivity contribution < 1.29 is 4.79 Å². The Morgan fingerprint density at radius 3 is 2.32 bits per heavy atom. The van der Waals surface area contributed by atoms with Gasteiger partial charge < -0.3 is 11.1 Å². The van der Waals surface area contributed by atoms with Crippen LogP contribution in [0.3, 0.4) is 0 Å². The Morgan fingerprint density at radius 1 is 1.09 bits per heavy atom. The molecule has 3 nitrogen and oxygen atoms in total. The maximum Gasteiger partial charge on any atom is 0.251 e. The van der Waals surface area contributed by atoms with E-state index in [4.69, 9.17) is 5.73 Å². The van der Waals surface area contributed by atoms with Crippen LogP contribution in [0.15, 0.2) is 54.6 Å². The van der Waals surface area contributed by atoms with Gasteiger partial charge in [-0.05, 0) is 29.7 Å². The molecule has 0 radical (unpaired) electrons. The minimum Gasteiger partial charge on any atom is -0.350 e. The standard InChI is InChI=1S/C18H22N2O.ClH/c1-2-6-14-9-11-16(12-10-14)18(21)20-13-17(19)15-7-4-3-5-8-15;/h3-5,7-12,17H,2,6,13,19H2,1H3,(H,20,21);1H. The number of nitrogens with one attached hydrogen (secondary N) is 1. The van der Waals surface area contributed by atoms with Crippen molar-refractivity contribution in [2.24, 2.45) is 5.73 Å². The number of rotatable bonds is 6. The molecule has 2 aromatic carbocycles. The van der Waals surface area contributed by atoms with Crippen molar-refractivity contribution >= 4 is 18.3 Å². The number of amides is 1. The van der Waals surface area contributed by atoms with Crippen molar-refractivity contribution in [1.29, 1.82) is 0 Å². The maximum atomic E-state index is 12.1. The van der Waals surface area contributed by atoms with Gasteiger partial charge in [-0.25, -0.2) is 0 Å². The third-order valence-corrected chi connectivity index (χ3v) is 3.47. The van der Waals surface area contributed by atoms with Crippen LogP contribution in [0.5, 0.6) is 0 Å². The van der Waals surface area contributed by atoms with E-state index >= 15 is 0 Å². The summed E-state index contributed by atoms with van der Waals surface area (Å²) in [5.74, 6) is -0.0792. The molecule has 0 saturated heterocycles. The van der Waals surface area contributed by atoms with Gasteiger partial charge in [-0.15, -0.1) is 12.4 Å². The minimum absolute atomic E-state index is 0. The molecule has 1 amide bonds. The SMILES string of the molecule is CCCc1ccc(C(=O)NCC(N)c2ccccc2)cc1.Cl. The molecule has 3 N–H and O–H groups in total. The first-order chi connectivity index (χ1) is 10.2. The Kier molecular flexibility index (Phi) is 7.64. The monoisotopic (exact) mass is 318 g/mol. The van der Waals surface area contributed by atoms with Crippen LogP contribution in [0.4, 0.5) is 0 Å². The quantitative estimate of drug-likeness (QED) is 0.856. The van der Waals surface area contributed by atoms with Crippen molar-refractivity contribution in [3.05, 3.63) is 71.3 Å². The summed E-state index contributed by atoms with van der Waals surface area (Å²) in [7, 11) is 0. The highest BCUT2D eigenvalue weighted by atomic mass is 35.5. The van der Waals surface area contributed by atoms with Crippen molar-refractivity contribution in [3.8, 4) is 0 Å². The minimum atomic E-state index is -0.186. The molecule has 0 aromatic heterocycles. The molecular formula is C18H23ClN2O. The Bertz CT molecular complexity index is 569. The van der Waals surface area contributed by atoms with Gasteiger partial charge in [0.2, 0.25) is 0 Å². The summed E-state index contributed by atoms with van der Waals surface area (Å²) in [5.41, 5.74) is 9.03. The molecule has 0 aliphatic carbocycles. The number of halogens is 1. The second kappa shape index (κ2) is 9.23. The van der Waals surface area contributed by atoms with E-state index < -0.39 is 0 Å². The number of hydrogen-bond donors (Lipinski definition) is 2. The summed E-state index contributed by atoms with van der Waals surface area (Å²) in [6.07, 6.45) is 2.15. The molecule has 0 spiro atoms. The van der Waals surface area contributed by atoms with E-state index in [0.717, 1.165) is 18.4 Å². The second-order valence-corrected chi connectivity index (χ2v) is 5.17. The Morgan fingerprint density at radius 2 is 1.73 bits per heavy atom. The van der Waals surface area contributed by atoms with Gasteiger partial charge in [-0.3, -0.25) is 4.79 Å². The van der Waals surface area contributed by atoms with Crippen LogP contribution >= 0.6 is 12.4 Å². The lowest BCUT2D eigenvalue weighted by Gasteiger charge is -2.13. The van der Waals surface area contributed by atoms with Gasteiger partial charge in [0, 0.05) is 18.2 Å². The average molecular weight is 319 g/mol. The number of carbonyl (C=O) groups is 1. The molecular weight excluding hydrogens is 296 g/mol. The molecule has 0 aliphatic rings. The molecule has 2 rings (SSSR count). The van der Waals surface area contributed by atoms with E-state index in [0.29, 0.717) is 12.1 Å². The normalized spacial score (nSPS) is 11.4. The number of nitrogens with two attached hydrogens (primary N) is 1. The lowest BCUT2D eigenvalue weighted by molar-refractivity contribution is 0.0951. The molecule has 0 aliphatic heterocycles. The summed E-state index contributed by atoms with van der Waals surface area (Å²) in [6, 6.07) is 17.4.